The topological polar surface area (TPSA) is 57.5 Å². The number of carbonyl (C=O) groups is 1. The molecule has 7 heteroatoms. The van der Waals surface area contributed by atoms with Crippen molar-refractivity contribution < 1.29 is 4.79 Å². The quantitative estimate of drug-likeness (QED) is 0.730. The number of pyridine rings is 1. The van der Waals surface area contributed by atoms with E-state index in [0.717, 1.165) is 51.1 Å². The Bertz CT molecular complexity index is 814. The summed E-state index contributed by atoms with van der Waals surface area (Å²) in [5.41, 5.74) is 2.42. The van der Waals surface area contributed by atoms with Crippen molar-refractivity contribution in [2.24, 2.45) is 13.0 Å². The van der Waals surface area contributed by atoms with Gasteiger partial charge in [-0.05, 0) is 63.0 Å². The fraction of sp³-hybridized carbons (Fsp3) is 0.609. The van der Waals surface area contributed by atoms with E-state index in [1.165, 1.54) is 18.4 Å². The van der Waals surface area contributed by atoms with Crippen LogP contribution in [0.15, 0.2) is 36.9 Å². The molecule has 1 atom stereocenters. The summed E-state index contributed by atoms with van der Waals surface area (Å²) < 4.78 is 1.79. The summed E-state index contributed by atoms with van der Waals surface area (Å²) in [6.07, 6.45) is 12.1. The minimum absolute atomic E-state index is 0.121. The molecule has 2 aromatic heterocycles. The molecule has 0 saturated carbocycles. The van der Waals surface area contributed by atoms with Crippen molar-refractivity contribution in [3.8, 4) is 0 Å². The van der Waals surface area contributed by atoms with Crippen molar-refractivity contribution >= 4 is 5.91 Å². The van der Waals surface area contributed by atoms with E-state index >= 15 is 0 Å². The van der Waals surface area contributed by atoms with E-state index in [-0.39, 0.29) is 11.8 Å². The second-order valence-electron chi connectivity index (χ2n) is 8.91. The zero-order chi connectivity index (χ0) is 20.9. The summed E-state index contributed by atoms with van der Waals surface area (Å²) in [5.74, 6) is 0.397. The Balaban J connectivity index is 1.26. The Morgan fingerprint density at radius 1 is 1.13 bits per heavy atom. The van der Waals surface area contributed by atoms with Gasteiger partial charge in [0.2, 0.25) is 5.91 Å². The van der Waals surface area contributed by atoms with E-state index < -0.39 is 0 Å². The molecule has 162 valence electrons. The average Bonchev–Trinajstić information content (AvgIpc) is 3.19. The van der Waals surface area contributed by atoms with Gasteiger partial charge in [0.15, 0.2) is 0 Å². The molecular weight excluding hydrogens is 376 g/mol. The monoisotopic (exact) mass is 410 g/mol. The molecule has 2 fully saturated rings. The minimum atomic E-state index is 0.121. The van der Waals surface area contributed by atoms with Gasteiger partial charge in [0.25, 0.3) is 0 Å². The van der Waals surface area contributed by atoms with Crippen LogP contribution in [0.5, 0.6) is 0 Å². The molecule has 0 N–H and O–H groups in total. The Labute approximate surface area is 179 Å². The zero-order valence-electron chi connectivity index (χ0n) is 18.3. The SMILES string of the molecule is CN(Cc1cnn(C)c1)C(=O)[C@H]1CCCN(C2CCN(Cc3ccncc3)CC2)C1. The molecule has 7 nitrogen and oxygen atoms in total. The van der Waals surface area contributed by atoms with Gasteiger partial charge in [-0.2, -0.15) is 5.10 Å². The van der Waals surface area contributed by atoms with Crippen molar-refractivity contribution in [2.75, 3.05) is 33.2 Å². The third-order valence-electron chi connectivity index (χ3n) is 6.59. The predicted molar refractivity (Wildman–Crippen MR) is 117 cm³/mol. The Morgan fingerprint density at radius 3 is 2.60 bits per heavy atom. The number of amides is 1. The van der Waals surface area contributed by atoms with Crippen molar-refractivity contribution in [1.29, 1.82) is 0 Å². The molecule has 0 aliphatic carbocycles. The summed E-state index contributed by atoms with van der Waals surface area (Å²) in [4.78, 5) is 24.2. The molecule has 2 aliphatic rings. The molecule has 4 heterocycles. The summed E-state index contributed by atoms with van der Waals surface area (Å²) in [6, 6.07) is 4.82. The van der Waals surface area contributed by atoms with E-state index in [9.17, 15) is 4.79 Å². The number of piperidine rings is 2. The molecule has 30 heavy (non-hydrogen) atoms. The van der Waals surface area contributed by atoms with Gasteiger partial charge < -0.3 is 4.90 Å². The van der Waals surface area contributed by atoms with Crippen molar-refractivity contribution in [3.63, 3.8) is 0 Å². The number of nitrogens with zero attached hydrogens (tertiary/aromatic N) is 6. The second kappa shape index (κ2) is 9.71. The Hall–Kier alpha value is -2.25. The standard InChI is InChI=1S/C23H34N6O/c1-26(15-20-14-25-27(2)16-20)23(30)21-4-3-11-29(18-21)22-7-12-28(13-8-22)17-19-5-9-24-10-6-19/h5-6,9-10,14,16,21-22H,3-4,7-8,11-13,15,17-18H2,1-2H3/t21-/m0/s1. The third kappa shape index (κ3) is 5.26. The zero-order valence-corrected chi connectivity index (χ0v) is 18.3. The van der Waals surface area contributed by atoms with Crippen molar-refractivity contribution in [1.82, 2.24) is 29.5 Å². The van der Waals surface area contributed by atoms with Gasteiger partial charge in [0, 0.05) is 63.9 Å². The summed E-state index contributed by atoms with van der Waals surface area (Å²) in [6.45, 7) is 5.94. The minimum Gasteiger partial charge on any atom is -0.341 e. The largest absolute Gasteiger partial charge is 0.341 e. The number of aromatic nitrogens is 3. The summed E-state index contributed by atoms with van der Waals surface area (Å²) in [5, 5.41) is 4.21. The maximum absolute atomic E-state index is 13.1. The smallest absolute Gasteiger partial charge is 0.227 e. The highest BCUT2D eigenvalue weighted by atomic mass is 16.2. The van der Waals surface area contributed by atoms with Gasteiger partial charge in [0.1, 0.15) is 0 Å². The second-order valence-corrected chi connectivity index (χ2v) is 8.91. The lowest BCUT2D eigenvalue weighted by molar-refractivity contribution is -0.137. The maximum Gasteiger partial charge on any atom is 0.227 e. The number of aryl methyl sites for hydroxylation is 1. The molecule has 0 radical (unpaired) electrons. The van der Waals surface area contributed by atoms with Gasteiger partial charge in [-0.1, -0.05) is 0 Å². The fourth-order valence-corrected chi connectivity index (χ4v) is 4.95. The van der Waals surface area contributed by atoms with Crippen LogP contribution in [0.2, 0.25) is 0 Å². The van der Waals surface area contributed by atoms with Crippen LogP contribution in [0, 0.1) is 5.92 Å². The van der Waals surface area contributed by atoms with E-state index in [2.05, 4.69) is 32.0 Å². The molecule has 0 spiro atoms. The van der Waals surface area contributed by atoms with Gasteiger partial charge in [-0.15, -0.1) is 0 Å². The van der Waals surface area contributed by atoms with Crippen LogP contribution in [0.3, 0.4) is 0 Å². The van der Waals surface area contributed by atoms with Crippen LogP contribution >= 0.6 is 0 Å². The first kappa shape index (κ1) is 21.0. The first-order valence-electron chi connectivity index (χ1n) is 11.2. The average molecular weight is 411 g/mol. The number of carbonyl (C=O) groups excluding carboxylic acids is 1. The molecule has 1 amide bonds. The Kier molecular flexibility index (Phi) is 6.79. The molecule has 4 rings (SSSR count). The van der Waals surface area contributed by atoms with E-state index in [1.54, 1.807) is 4.68 Å². The molecule has 0 bridgehead atoms. The third-order valence-corrected chi connectivity index (χ3v) is 6.59. The lowest BCUT2D eigenvalue weighted by Gasteiger charge is -2.42. The number of likely N-dealkylation sites (tertiary alicyclic amines) is 2. The highest BCUT2D eigenvalue weighted by molar-refractivity contribution is 5.78. The van der Waals surface area contributed by atoms with Gasteiger partial charge in [-0.25, -0.2) is 0 Å². The van der Waals surface area contributed by atoms with Gasteiger partial charge >= 0.3 is 0 Å². The number of hydrogen-bond donors (Lipinski definition) is 0. The lowest BCUT2D eigenvalue weighted by Crippen LogP contribution is -2.50. The van der Waals surface area contributed by atoms with Gasteiger partial charge in [-0.3, -0.25) is 24.3 Å². The van der Waals surface area contributed by atoms with E-state index in [0.29, 0.717) is 12.6 Å². The lowest BCUT2D eigenvalue weighted by atomic mass is 9.92. The number of rotatable bonds is 6. The van der Waals surface area contributed by atoms with E-state index in [4.69, 9.17) is 0 Å². The van der Waals surface area contributed by atoms with Crippen molar-refractivity contribution in [3.05, 3.63) is 48.0 Å². The Morgan fingerprint density at radius 2 is 1.90 bits per heavy atom. The number of hydrogen-bond acceptors (Lipinski definition) is 5. The van der Waals surface area contributed by atoms with Crippen LogP contribution in [-0.4, -0.2) is 74.6 Å². The highest BCUT2D eigenvalue weighted by Gasteiger charge is 2.32. The van der Waals surface area contributed by atoms with Crippen molar-refractivity contribution in [2.45, 2.75) is 44.8 Å². The first-order valence-corrected chi connectivity index (χ1v) is 11.2. The molecular formula is C23H34N6O. The molecule has 2 aromatic rings. The van der Waals surface area contributed by atoms with Crippen LogP contribution in [0.4, 0.5) is 0 Å². The summed E-state index contributed by atoms with van der Waals surface area (Å²) in [7, 11) is 3.83. The van der Waals surface area contributed by atoms with E-state index in [1.807, 2.05) is 43.8 Å². The highest BCUT2D eigenvalue weighted by Crippen LogP contribution is 2.25. The fourth-order valence-electron chi connectivity index (χ4n) is 4.95. The van der Waals surface area contributed by atoms with Gasteiger partial charge in [0.05, 0.1) is 12.1 Å². The first-order chi connectivity index (χ1) is 14.6. The maximum atomic E-state index is 13.1. The molecule has 2 saturated heterocycles. The predicted octanol–water partition coefficient (Wildman–Crippen LogP) is 2.15. The van der Waals surface area contributed by atoms with Crippen LogP contribution in [0.1, 0.15) is 36.8 Å². The molecule has 0 unspecified atom stereocenters. The van der Waals surface area contributed by atoms with Crippen LogP contribution in [0.25, 0.3) is 0 Å². The summed E-state index contributed by atoms with van der Waals surface area (Å²) >= 11 is 0. The molecule has 2 aliphatic heterocycles. The van der Waals surface area contributed by atoms with Crippen LogP contribution < -0.4 is 0 Å². The molecule has 0 aromatic carbocycles. The van der Waals surface area contributed by atoms with Crippen LogP contribution in [-0.2, 0) is 24.9 Å². The normalized spacial score (nSPS) is 21.6.